The SMILES string of the molecule is COc1n[nH]c(C(C)(C)C)c1CN. The van der Waals surface area contributed by atoms with E-state index >= 15 is 0 Å². The van der Waals surface area contributed by atoms with Gasteiger partial charge in [0.2, 0.25) is 5.88 Å². The van der Waals surface area contributed by atoms with Crippen molar-refractivity contribution in [3.05, 3.63) is 11.3 Å². The second-order valence-electron chi connectivity index (χ2n) is 4.04. The molecule has 13 heavy (non-hydrogen) atoms. The maximum absolute atomic E-state index is 5.63. The van der Waals surface area contributed by atoms with Gasteiger partial charge in [0.05, 0.1) is 12.7 Å². The summed E-state index contributed by atoms with van der Waals surface area (Å²) in [7, 11) is 1.60. The molecule has 0 fully saturated rings. The number of hydrogen-bond acceptors (Lipinski definition) is 3. The molecule has 4 nitrogen and oxygen atoms in total. The van der Waals surface area contributed by atoms with Crippen LogP contribution in [0.4, 0.5) is 0 Å². The predicted octanol–water partition coefficient (Wildman–Crippen LogP) is 1.17. The molecule has 0 amide bonds. The number of ether oxygens (including phenoxy) is 1. The second-order valence-corrected chi connectivity index (χ2v) is 4.04. The summed E-state index contributed by atoms with van der Waals surface area (Å²) in [6.45, 7) is 6.78. The van der Waals surface area contributed by atoms with Crippen molar-refractivity contribution in [3.63, 3.8) is 0 Å². The number of rotatable bonds is 2. The Bertz CT molecular complexity index is 286. The summed E-state index contributed by atoms with van der Waals surface area (Å²) in [5, 5.41) is 7.01. The van der Waals surface area contributed by atoms with E-state index in [1.165, 1.54) is 0 Å². The van der Waals surface area contributed by atoms with Gasteiger partial charge in [0.1, 0.15) is 0 Å². The molecule has 0 saturated carbocycles. The maximum Gasteiger partial charge on any atom is 0.237 e. The van der Waals surface area contributed by atoms with Crippen molar-refractivity contribution in [2.45, 2.75) is 32.7 Å². The van der Waals surface area contributed by atoms with Crippen molar-refractivity contribution < 1.29 is 4.74 Å². The molecule has 1 heterocycles. The first-order valence-corrected chi connectivity index (χ1v) is 4.32. The number of methoxy groups -OCH3 is 1. The van der Waals surface area contributed by atoms with Crippen LogP contribution in [-0.2, 0) is 12.0 Å². The summed E-state index contributed by atoms with van der Waals surface area (Å²) in [5.41, 5.74) is 7.67. The zero-order valence-corrected chi connectivity index (χ0v) is 8.64. The van der Waals surface area contributed by atoms with Crippen LogP contribution in [0.5, 0.6) is 5.88 Å². The fourth-order valence-corrected chi connectivity index (χ4v) is 1.33. The van der Waals surface area contributed by atoms with Crippen molar-refractivity contribution in [2.24, 2.45) is 5.73 Å². The highest BCUT2D eigenvalue weighted by Gasteiger charge is 2.22. The van der Waals surface area contributed by atoms with Gasteiger partial charge >= 0.3 is 0 Å². The molecule has 1 aromatic rings. The highest BCUT2D eigenvalue weighted by molar-refractivity contribution is 5.34. The number of nitrogens with two attached hydrogens (primary N) is 1. The summed E-state index contributed by atoms with van der Waals surface area (Å²) in [4.78, 5) is 0. The Balaban J connectivity index is 3.16. The highest BCUT2D eigenvalue weighted by atomic mass is 16.5. The minimum Gasteiger partial charge on any atom is -0.480 e. The maximum atomic E-state index is 5.63. The molecule has 1 aromatic heterocycles. The monoisotopic (exact) mass is 183 g/mol. The third-order valence-corrected chi connectivity index (χ3v) is 1.98. The fourth-order valence-electron chi connectivity index (χ4n) is 1.33. The van der Waals surface area contributed by atoms with Gasteiger partial charge in [-0.1, -0.05) is 20.8 Å². The van der Waals surface area contributed by atoms with E-state index in [2.05, 4.69) is 31.0 Å². The molecule has 3 N–H and O–H groups in total. The molecule has 0 bridgehead atoms. The van der Waals surface area contributed by atoms with Crippen LogP contribution < -0.4 is 10.5 Å². The molecule has 1 rings (SSSR count). The third-order valence-electron chi connectivity index (χ3n) is 1.98. The minimum atomic E-state index is 0.0263. The van der Waals surface area contributed by atoms with E-state index in [0.29, 0.717) is 12.4 Å². The number of aromatic nitrogens is 2. The summed E-state index contributed by atoms with van der Waals surface area (Å²) >= 11 is 0. The van der Waals surface area contributed by atoms with E-state index in [-0.39, 0.29) is 5.41 Å². The van der Waals surface area contributed by atoms with E-state index < -0.39 is 0 Å². The van der Waals surface area contributed by atoms with Gasteiger partial charge in [0.15, 0.2) is 0 Å². The summed E-state index contributed by atoms with van der Waals surface area (Å²) in [6, 6.07) is 0. The van der Waals surface area contributed by atoms with E-state index in [4.69, 9.17) is 10.5 Å². The van der Waals surface area contributed by atoms with Crippen molar-refractivity contribution >= 4 is 0 Å². The van der Waals surface area contributed by atoms with Crippen LogP contribution in [0.15, 0.2) is 0 Å². The topological polar surface area (TPSA) is 63.9 Å². The van der Waals surface area contributed by atoms with Crippen molar-refractivity contribution in [1.29, 1.82) is 0 Å². The molecule has 0 spiro atoms. The Kier molecular flexibility index (Phi) is 2.61. The Labute approximate surface area is 78.5 Å². The van der Waals surface area contributed by atoms with E-state index in [9.17, 15) is 0 Å². The van der Waals surface area contributed by atoms with Crippen LogP contribution in [0.25, 0.3) is 0 Å². The lowest BCUT2D eigenvalue weighted by Crippen LogP contribution is -2.16. The Morgan fingerprint density at radius 2 is 2.08 bits per heavy atom. The minimum absolute atomic E-state index is 0.0263. The largest absolute Gasteiger partial charge is 0.480 e. The molecule has 0 atom stereocenters. The molecule has 0 unspecified atom stereocenters. The molecule has 0 aromatic carbocycles. The second kappa shape index (κ2) is 3.38. The standard InChI is InChI=1S/C9H17N3O/c1-9(2,3)7-6(5-10)8(13-4)12-11-7/h5,10H2,1-4H3,(H,11,12). The van der Waals surface area contributed by atoms with Crippen LogP contribution in [0.2, 0.25) is 0 Å². The summed E-state index contributed by atoms with van der Waals surface area (Å²) < 4.78 is 5.09. The summed E-state index contributed by atoms with van der Waals surface area (Å²) in [5.74, 6) is 0.604. The Morgan fingerprint density at radius 3 is 2.46 bits per heavy atom. The van der Waals surface area contributed by atoms with Crippen LogP contribution in [-0.4, -0.2) is 17.3 Å². The first-order chi connectivity index (χ1) is 6.00. The zero-order chi connectivity index (χ0) is 10.1. The van der Waals surface area contributed by atoms with Gasteiger partial charge in [0.25, 0.3) is 0 Å². The van der Waals surface area contributed by atoms with Crippen molar-refractivity contribution in [3.8, 4) is 5.88 Å². The van der Waals surface area contributed by atoms with Crippen LogP contribution in [0.1, 0.15) is 32.0 Å². The number of hydrogen-bond donors (Lipinski definition) is 2. The molecule has 0 radical (unpaired) electrons. The van der Waals surface area contributed by atoms with E-state index in [1.54, 1.807) is 7.11 Å². The lowest BCUT2D eigenvalue weighted by atomic mass is 9.89. The molecule has 0 saturated heterocycles. The van der Waals surface area contributed by atoms with Gasteiger partial charge in [0, 0.05) is 17.7 Å². The van der Waals surface area contributed by atoms with Gasteiger partial charge in [-0.2, -0.15) is 0 Å². The summed E-state index contributed by atoms with van der Waals surface area (Å²) in [6.07, 6.45) is 0. The predicted molar refractivity (Wildman–Crippen MR) is 51.7 cm³/mol. The Morgan fingerprint density at radius 1 is 1.46 bits per heavy atom. The molecule has 74 valence electrons. The number of nitrogens with zero attached hydrogens (tertiary/aromatic N) is 1. The first-order valence-electron chi connectivity index (χ1n) is 4.32. The van der Waals surface area contributed by atoms with Gasteiger partial charge < -0.3 is 10.5 Å². The highest BCUT2D eigenvalue weighted by Crippen LogP contribution is 2.28. The first kappa shape index (κ1) is 10.1. The van der Waals surface area contributed by atoms with Crippen molar-refractivity contribution in [2.75, 3.05) is 7.11 Å². The molecule has 0 aliphatic heterocycles. The lowest BCUT2D eigenvalue weighted by molar-refractivity contribution is 0.392. The van der Waals surface area contributed by atoms with E-state index in [1.807, 2.05) is 0 Å². The molecule has 0 aliphatic rings. The number of H-pyrrole nitrogens is 1. The fraction of sp³-hybridized carbons (Fsp3) is 0.667. The molecular weight excluding hydrogens is 166 g/mol. The van der Waals surface area contributed by atoms with Gasteiger partial charge in [-0.15, -0.1) is 5.10 Å². The smallest absolute Gasteiger partial charge is 0.237 e. The molecule has 0 aliphatic carbocycles. The number of aromatic amines is 1. The molecule has 4 heteroatoms. The number of nitrogens with one attached hydrogen (secondary N) is 1. The van der Waals surface area contributed by atoms with Gasteiger partial charge in [-0.25, -0.2) is 0 Å². The van der Waals surface area contributed by atoms with Gasteiger partial charge in [-0.3, -0.25) is 5.10 Å². The average Bonchev–Trinajstić information content (AvgIpc) is 2.45. The van der Waals surface area contributed by atoms with E-state index in [0.717, 1.165) is 11.3 Å². The van der Waals surface area contributed by atoms with Crippen LogP contribution in [0, 0.1) is 0 Å². The third kappa shape index (κ3) is 1.83. The quantitative estimate of drug-likeness (QED) is 0.723. The Hall–Kier alpha value is -1.03. The van der Waals surface area contributed by atoms with Crippen molar-refractivity contribution in [1.82, 2.24) is 10.2 Å². The van der Waals surface area contributed by atoms with Gasteiger partial charge in [-0.05, 0) is 0 Å². The van der Waals surface area contributed by atoms with Crippen LogP contribution >= 0.6 is 0 Å². The lowest BCUT2D eigenvalue weighted by Gasteiger charge is -2.17. The van der Waals surface area contributed by atoms with Crippen LogP contribution in [0.3, 0.4) is 0 Å². The zero-order valence-electron chi connectivity index (χ0n) is 8.64. The average molecular weight is 183 g/mol. The molecular formula is C9H17N3O. The normalized spacial score (nSPS) is 11.8.